The third-order valence-electron chi connectivity index (χ3n) is 4.63. The molecule has 2 aromatic carbocycles. The Bertz CT molecular complexity index is 928. The molecule has 1 heterocycles. The Hall–Kier alpha value is -3.28. The van der Waals surface area contributed by atoms with Gasteiger partial charge in [-0.05, 0) is 37.6 Å². The highest BCUT2D eigenvalue weighted by Crippen LogP contribution is 2.45. The Morgan fingerprint density at radius 3 is 2.32 bits per heavy atom. The number of hydrogen-bond acceptors (Lipinski definition) is 6. The van der Waals surface area contributed by atoms with Gasteiger partial charge >= 0.3 is 11.9 Å². The summed E-state index contributed by atoms with van der Waals surface area (Å²) in [5, 5.41) is 0. The fraction of sp³-hybridized carbons (Fsp3) is 0.273. The largest absolute Gasteiger partial charge is 0.497 e. The van der Waals surface area contributed by atoms with Crippen molar-refractivity contribution in [3.63, 3.8) is 0 Å². The van der Waals surface area contributed by atoms with Crippen LogP contribution >= 0.6 is 0 Å². The van der Waals surface area contributed by atoms with Gasteiger partial charge < -0.3 is 18.9 Å². The van der Waals surface area contributed by atoms with Crippen molar-refractivity contribution in [2.75, 3.05) is 20.8 Å². The molecule has 0 aliphatic carbocycles. The number of ether oxygens (including phenoxy) is 4. The Morgan fingerprint density at radius 1 is 1.04 bits per heavy atom. The van der Waals surface area contributed by atoms with Crippen LogP contribution in [0.5, 0.6) is 11.5 Å². The summed E-state index contributed by atoms with van der Waals surface area (Å²) in [7, 11) is 2.85. The van der Waals surface area contributed by atoms with Gasteiger partial charge in [0.15, 0.2) is 0 Å². The van der Waals surface area contributed by atoms with Crippen molar-refractivity contribution in [1.82, 2.24) is 0 Å². The van der Waals surface area contributed by atoms with Crippen LogP contribution in [0, 0.1) is 0 Å². The lowest BCUT2D eigenvalue weighted by atomic mass is 9.81. The fourth-order valence-electron chi connectivity index (χ4n) is 3.28. The van der Waals surface area contributed by atoms with Gasteiger partial charge in [0.05, 0.1) is 20.8 Å². The van der Waals surface area contributed by atoms with Crippen LogP contribution in [0.2, 0.25) is 0 Å². The van der Waals surface area contributed by atoms with Crippen LogP contribution in [0.3, 0.4) is 0 Å². The number of benzene rings is 2. The molecule has 0 bridgehead atoms. The zero-order chi connectivity index (χ0) is 20.3. The first-order valence-corrected chi connectivity index (χ1v) is 8.89. The minimum absolute atomic E-state index is 0.0947. The second-order valence-corrected chi connectivity index (χ2v) is 6.32. The molecule has 3 rings (SSSR count). The van der Waals surface area contributed by atoms with Crippen molar-refractivity contribution in [2.45, 2.75) is 19.4 Å². The SMILES string of the molecule is CCOC(=O)[C@@]1(C)Oc2ccccc2C(c2ccc(OC)cc2)=C1C(=O)OC. The van der Waals surface area contributed by atoms with Crippen molar-refractivity contribution in [2.24, 2.45) is 0 Å². The molecule has 0 spiro atoms. The quantitative estimate of drug-likeness (QED) is 0.739. The number of fused-ring (bicyclic) bond motifs is 1. The lowest BCUT2D eigenvalue weighted by Crippen LogP contribution is -2.49. The summed E-state index contributed by atoms with van der Waals surface area (Å²) >= 11 is 0. The number of methoxy groups -OCH3 is 2. The second kappa shape index (κ2) is 7.76. The monoisotopic (exact) mass is 382 g/mol. The summed E-state index contributed by atoms with van der Waals surface area (Å²) in [6, 6.07) is 14.5. The summed E-state index contributed by atoms with van der Waals surface area (Å²) in [6.07, 6.45) is 0. The normalized spacial score (nSPS) is 18.0. The zero-order valence-corrected chi connectivity index (χ0v) is 16.3. The van der Waals surface area contributed by atoms with Gasteiger partial charge in [-0.15, -0.1) is 0 Å². The predicted molar refractivity (Wildman–Crippen MR) is 103 cm³/mol. The molecule has 0 N–H and O–H groups in total. The molecule has 1 aliphatic rings. The van der Waals surface area contributed by atoms with Crippen LogP contribution in [-0.4, -0.2) is 38.4 Å². The lowest BCUT2D eigenvalue weighted by molar-refractivity contribution is -0.160. The second-order valence-electron chi connectivity index (χ2n) is 6.32. The number of esters is 2. The highest BCUT2D eigenvalue weighted by molar-refractivity contribution is 6.10. The van der Waals surface area contributed by atoms with Crippen LogP contribution in [0.15, 0.2) is 54.1 Å². The molecule has 0 radical (unpaired) electrons. The summed E-state index contributed by atoms with van der Waals surface area (Å²) < 4.78 is 21.5. The molecular formula is C22H22O6. The van der Waals surface area contributed by atoms with E-state index in [0.29, 0.717) is 22.6 Å². The summed E-state index contributed by atoms with van der Waals surface area (Å²) in [6.45, 7) is 3.38. The van der Waals surface area contributed by atoms with Crippen LogP contribution in [-0.2, 0) is 19.1 Å². The van der Waals surface area contributed by atoms with Gasteiger partial charge in [0.25, 0.3) is 0 Å². The summed E-state index contributed by atoms with van der Waals surface area (Å²) in [4.78, 5) is 25.6. The molecule has 0 amide bonds. The van der Waals surface area contributed by atoms with Gasteiger partial charge in [0.1, 0.15) is 17.1 Å². The molecule has 0 aromatic heterocycles. The average molecular weight is 382 g/mol. The predicted octanol–water partition coefficient (Wildman–Crippen LogP) is 3.38. The van der Waals surface area contributed by atoms with Gasteiger partial charge in [0, 0.05) is 11.1 Å². The first kappa shape index (κ1) is 19.5. The number of rotatable bonds is 5. The van der Waals surface area contributed by atoms with Crippen molar-refractivity contribution < 1.29 is 28.5 Å². The molecule has 0 saturated carbocycles. The highest BCUT2D eigenvalue weighted by atomic mass is 16.6. The molecule has 0 fully saturated rings. The molecular weight excluding hydrogens is 360 g/mol. The van der Waals surface area contributed by atoms with E-state index in [9.17, 15) is 9.59 Å². The van der Waals surface area contributed by atoms with Gasteiger partial charge in [0.2, 0.25) is 5.60 Å². The molecule has 1 atom stereocenters. The smallest absolute Gasteiger partial charge is 0.355 e. The van der Waals surface area contributed by atoms with Gasteiger partial charge in [-0.2, -0.15) is 0 Å². The molecule has 0 saturated heterocycles. The fourth-order valence-corrected chi connectivity index (χ4v) is 3.28. The summed E-state index contributed by atoms with van der Waals surface area (Å²) in [5.41, 5.74) is 0.429. The molecule has 2 aromatic rings. The molecule has 0 unspecified atom stereocenters. The number of hydrogen-bond donors (Lipinski definition) is 0. The Morgan fingerprint density at radius 2 is 1.71 bits per heavy atom. The third-order valence-corrected chi connectivity index (χ3v) is 4.63. The van der Waals surface area contributed by atoms with Crippen LogP contribution < -0.4 is 9.47 Å². The molecule has 6 heteroatoms. The minimum Gasteiger partial charge on any atom is -0.497 e. The van der Waals surface area contributed by atoms with E-state index in [1.807, 2.05) is 24.3 Å². The van der Waals surface area contributed by atoms with E-state index in [1.165, 1.54) is 14.0 Å². The van der Waals surface area contributed by atoms with E-state index in [-0.39, 0.29) is 12.2 Å². The maximum atomic E-state index is 12.8. The first-order valence-electron chi connectivity index (χ1n) is 8.89. The van der Waals surface area contributed by atoms with Gasteiger partial charge in [-0.25, -0.2) is 9.59 Å². The van der Waals surface area contributed by atoms with E-state index in [1.54, 1.807) is 38.3 Å². The van der Waals surface area contributed by atoms with E-state index >= 15 is 0 Å². The van der Waals surface area contributed by atoms with E-state index in [4.69, 9.17) is 18.9 Å². The molecule has 28 heavy (non-hydrogen) atoms. The number of carbonyl (C=O) groups is 2. The van der Waals surface area contributed by atoms with E-state index < -0.39 is 17.5 Å². The van der Waals surface area contributed by atoms with E-state index in [0.717, 1.165) is 5.56 Å². The number of carbonyl (C=O) groups excluding carboxylic acids is 2. The molecule has 1 aliphatic heterocycles. The first-order chi connectivity index (χ1) is 13.5. The van der Waals surface area contributed by atoms with Crippen LogP contribution in [0.1, 0.15) is 25.0 Å². The Kier molecular flexibility index (Phi) is 5.40. The van der Waals surface area contributed by atoms with Crippen molar-refractivity contribution in [3.05, 3.63) is 65.2 Å². The highest BCUT2D eigenvalue weighted by Gasteiger charge is 2.50. The Balaban J connectivity index is 2.34. The average Bonchev–Trinajstić information content (AvgIpc) is 2.72. The maximum absolute atomic E-state index is 12.8. The topological polar surface area (TPSA) is 71.1 Å². The Labute approximate surface area is 163 Å². The lowest BCUT2D eigenvalue weighted by Gasteiger charge is -2.36. The van der Waals surface area contributed by atoms with Crippen molar-refractivity contribution in [1.29, 1.82) is 0 Å². The van der Waals surface area contributed by atoms with Crippen LogP contribution in [0.25, 0.3) is 5.57 Å². The zero-order valence-electron chi connectivity index (χ0n) is 16.3. The van der Waals surface area contributed by atoms with Crippen molar-refractivity contribution >= 4 is 17.5 Å². The van der Waals surface area contributed by atoms with Crippen LogP contribution in [0.4, 0.5) is 0 Å². The third kappa shape index (κ3) is 3.22. The maximum Gasteiger partial charge on any atom is 0.355 e. The standard InChI is InChI=1S/C22H22O6/c1-5-27-21(24)22(2)19(20(23)26-4)18(14-10-12-15(25-3)13-11-14)16-8-6-7-9-17(16)28-22/h6-13H,5H2,1-4H3/t22-/m0/s1. The minimum atomic E-state index is -1.65. The van der Waals surface area contributed by atoms with Gasteiger partial charge in [-0.3, -0.25) is 0 Å². The summed E-state index contributed by atoms with van der Waals surface area (Å²) in [5.74, 6) is -0.152. The number of para-hydroxylation sites is 1. The van der Waals surface area contributed by atoms with Crippen molar-refractivity contribution in [3.8, 4) is 11.5 Å². The van der Waals surface area contributed by atoms with E-state index in [2.05, 4.69) is 0 Å². The van der Waals surface area contributed by atoms with Gasteiger partial charge in [-0.1, -0.05) is 30.3 Å². The molecule has 6 nitrogen and oxygen atoms in total. The molecule has 146 valence electrons.